The summed E-state index contributed by atoms with van der Waals surface area (Å²) in [7, 11) is 1.61. The molecule has 0 aliphatic carbocycles. The van der Waals surface area contributed by atoms with Crippen molar-refractivity contribution in [3.63, 3.8) is 0 Å². The number of hydrogen-bond acceptors (Lipinski definition) is 4. The molecule has 2 aromatic rings. The number of methoxy groups -OCH3 is 1. The fourth-order valence-corrected chi connectivity index (χ4v) is 3.20. The van der Waals surface area contributed by atoms with Crippen LogP contribution in [0.5, 0.6) is 11.5 Å². The molecule has 1 N–H and O–H groups in total. The van der Waals surface area contributed by atoms with Crippen molar-refractivity contribution in [3.05, 3.63) is 53.6 Å². The van der Waals surface area contributed by atoms with E-state index in [1.165, 1.54) is 0 Å². The van der Waals surface area contributed by atoms with E-state index in [4.69, 9.17) is 9.47 Å². The first-order valence-corrected chi connectivity index (χ1v) is 9.40. The van der Waals surface area contributed by atoms with Crippen LogP contribution in [0.4, 0.5) is 5.69 Å². The van der Waals surface area contributed by atoms with Crippen molar-refractivity contribution in [2.45, 2.75) is 45.9 Å². The molecule has 0 unspecified atom stereocenters. The molecule has 0 radical (unpaired) electrons. The average molecular weight is 382 g/mol. The molecule has 0 saturated carbocycles. The van der Waals surface area contributed by atoms with Gasteiger partial charge < -0.3 is 19.7 Å². The Morgan fingerprint density at radius 2 is 1.96 bits per heavy atom. The summed E-state index contributed by atoms with van der Waals surface area (Å²) >= 11 is 0. The number of ether oxygens (including phenoxy) is 2. The molecule has 1 atom stereocenters. The van der Waals surface area contributed by atoms with Gasteiger partial charge in [0.25, 0.3) is 5.91 Å². The van der Waals surface area contributed by atoms with Gasteiger partial charge in [0.1, 0.15) is 11.5 Å². The highest BCUT2D eigenvalue weighted by atomic mass is 16.5. The van der Waals surface area contributed by atoms with Gasteiger partial charge in [-0.3, -0.25) is 9.59 Å². The molecule has 2 aromatic carbocycles. The molecule has 6 nitrogen and oxygen atoms in total. The van der Waals surface area contributed by atoms with Gasteiger partial charge in [0.15, 0.2) is 6.10 Å². The van der Waals surface area contributed by atoms with Crippen molar-refractivity contribution in [3.8, 4) is 11.5 Å². The number of hydrogen-bond donors (Lipinski definition) is 1. The maximum absolute atomic E-state index is 12.5. The molecular weight excluding hydrogens is 356 g/mol. The van der Waals surface area contributed by atoms with Crippen molar-refractivity contribution >= 4 is 17.5 Å². The Labute approximate surface area is 165 Å². The fraction of sp³-hybridized carbons (Fsp3) is 0.364. The molecule has 1 heterocycles. The molecule has 1 aliphatic rings. The summed E-state index contributed by atoms with van der Waals surface area (Å²) in [6.45, 7) is 6.18. The summed E-state index contributed by atoms with van der Waals surface area (Å²) in [4.78, 5) is 26.7. The van der Waals surface area contributed by atoms with E-state index < -0.39 is 6.10 Å². The first-order valence-electron chi connectivity index (χ1n) is 9.40. The summed E-state index contributed by atoms with van der Waals surface area (Å²) in [6.07, 6.45) is -0.259. The smallest absolute Gasteiger partial charge is 0.263 e. The van der Waals surface area contributed by atoms with Crippen LogP contribution in [-0.4, -0.2) is 36.0 Å². The monoisotopic (exact) mass is 382 g/mol. The van der Waals surface area contributed by atoms with Crippen molar-refractivity contribution in [1.29, 1.82) is 0 Å². The van der Waals surface area contributed by atoms with Gasteiger partial charge >= 0.3 is 0 Å². The van der Waals surface area contributed by atoms with Crippen LogP contribution in [0.25, 0.3) is 0 Å². The van der Waals surface area contributed by atoms with Crippen molar-refractivity contribution in [2.24, 2.45) is 0 Å². The van der Waals surface area contributed by atoms with Crippen molar-refractivity contribution in [2.75, 3.05) is 12.4 Å². The average Bonchev–Trinajstić information content (AvgIpc) is 2.79. The third-order valence-corrected chi connectivity index (χ3v) is 4.77. The van der Waals surface area contributed by atoms with E-state index in [2.05, 4.69) is 5.32 Å². The fourth-order valence-electron chi connectivity index (χ4n) is 3.20. The number of benzene rings is 2. The zero-order valence-electron chi connectivity index (χ0n) is 16.7. The Kier molecular flexibility index (Phi) is 5.87. The first-order chi connectivity index (χ1) is 13.4. The SMILES string of the molecule is COc1ccc(CC(=O)Nc2ccc3c(c2)CN(C(C)C)C(=O)[C@@H](C)O3)cc1. The van der Waals surface area contributed by atoms with Gasteiger partial charge in [-0.25, -0.2) is 0 Å². The van der Waals surface area contributed by atoms with Crippen LogP contribution in [0, 0.1) is 0 Å². The number of carbonyl (C=O) groups excluding carboxylic acids is 2. The van der Waals surface area contributed by atoms with Gasteiger partial charge in [-0.2, -0.15) is 0 Å². The second kappa shape index (κ2) is 8.33. The van der Waals surface area contributed by atoms with E-state index in [0.29, 0.717) is 18.0 Å². The van der Waals surface area contributed by atoms with Gasteiger partial charge in [-0.1, -0.05) is 12.1 Å². The molecule has 0 spiro atoms. The van der Waals surface area contributed by atoms with Gasteiger partial charge in [-0.15, -0.1) is 0 Å². The summed E-state index contributed by atoms with van der Waals surface area (Å²) in [5, 5.41) is 2.93. The molecule has 2 amide bonds. The lowest BCUT2D eigenvalue weighted by Gasteiger charge is -2.26. The largest absolute Gasteiger partial charge is 0.497 e. The van der Waals surface area contributed by atoms with Crippen LogP contribution in [0.1, 0.15) is 31.9 Å². The van der Waals surface area contributed by atoms with Crippen LogP contribution in [-0.2, 0) is 22.6 Å². The molecule has 148 valence electrons. The lowest BCUT2D eigenvalue weighted by Crippen LogP contribution is -2.41. The van der Waals surface area contributed by atoms with Crippen molar-refractivity contribution < 1.29 is 19.1 Å². The Morgan fingerprint density at radius 3 is 2.61 bits per heavy atom. The van der Waals surface area contributed by atoms with Gasteiger partial charge in [-0.05, 0) is 56.7 Å². The van der Waals surface area contributed by atoms with E-state index in [1.54, 1.807) is 25.0 Å². The maximum Gasteiger partial charge on any atom is 0.263 e. The number of anilines is 1. The lowest BCUT2D eigenvalue weighted by molar-refractivity contribution is -0.139. The zero-order chi connectivity index (χ0) is 20.3. The molecule has 1 aliphatic heterocycles. The minimum absolute atomic E-state index is 0.0312. The summed E-state index contributed by atoms with van der Waals surface area (Å²) in [5.74, 6) is 1.30. The Bertz CT molecular complexity index is 861. The quantitative estimate of drug-likeness (QED) is 0.861. The first kappa shape index (κ1) is 19.7. The third-order valence-electron chi connectivity index (χ3n) is 4.77. The highest BCUT2D eigenvalue weighted by molar-refractivity contribution is 5.92. The number of amides is 2. The summed E-state index contributed by atoms with van der Waals surface area (Å²) in [5.41, 5.74) is 2.47. The van der Waals surface area contributed by atoms with Crippen molar-refractivity contribution in [1.82, 2.24) is 4.90 Å². The highest BCUT2D eigenvalue weighted by Gasteiger charge is 2.29. The van der Waals surface area contributed by atoms with Gasteiger partial charge in [0.05, 0.1) is 13.5 Å². The van der Waals surface area contributed by atoms with E-state index >= 15 is 0 Å². The Balaban J connectivity index is 1.73. The Morgan fingerprint density at radius 1 is 1.25 bits per heavy atom. The minimum Gasteiger partial charge on any atom is -0.497 e. The van der Waals surface area contributed by atoms with Crippen LogP contribution >= 0.6 is 0 Å². The standard InChI is InChI=1S/C22H26N2O4/c1-14(2)24-13-17-12-18(7-10-20(17)28-15(3)22(24)26)23-21(25)11-16-5-8-19(27-4)9-6-16/h5-10,12,14-15H,11,13H2,1-4H3,(H,23,25)/t15-/m1/s1. The summed E-state index contributed by atoms with van der Waals surface area (Å²) < 4.78 is 10.9. The van der Waals surface area contributed by atoms with Crippen LogP contribution in [0.3, 0.4) is 0 Å². The lowest BCUT2D eigenvalue weighted by atomic mass is 10.1. The van der Waals surface area contributed by atoms with Gasteiger partial charge in [0.2, 0.25) is 5.91 Å². The number of fused-ring (bicyclic) bond motifs is 1. The predicted molar refractivity (Wildman–Crippen MR) is 108 cm³/mol. The molecule has 28 heavy (non-hydrogen) atoms. The number of rotatable bonds is 5. The van der Waals surface area contributed by atoms with Gasteiger partial charge in [0, 0.05) is 23.8 Å². The number of nitrogens with zero attached hydrogens (tertiary/aromatic N) is 1. The Hall–Kier alpha value is -3.02. The second-order valence-corrected chi connectivity index (χ2v) is 7.22. The second-order valence-electron chi connectivity index (χ2n) is 7.22. The van der Waals surface area contributed by atoms with Crippen LogP contribution in [0.15, 0.2) is 42.5 Å². The third kappa shape index (κ3) is 4.44. The molecule has 0 bridgehead atoms. The predicted octanol–water partition coefficient (Wildman–Crippen LogP) is 3.39. The van der Waals surface area contributed by atoms with E-state index in [-0.39, 0.29) is 24.3 Å². The molecule has 6 heteroatoms. The molecular formula is C22H26N2O4. The highest BCUT2D eigenvalue weighted by Crippen LogP contribution is 2.29. The normalized spacial score (nSPS) is 16.2. The topological polar surface area (TPSA) is 67.9 Å². The van der Waals surface area contributed by atoms with E-state index in [9.17, 15) is 9.59 Å². The van der Waals surface area contributed by atoms with Crippen LogP contribution < -0.4 is 14.8 Å². The van der Waals surface area contributed by atoms with Crippen LogP contribution in [0.2, 0.25) is 0 Å². The molecule has 0 saturated heterocycles. The van der Waals surface area contributed by atoms with E-state index in [1.807, 2.05) is 50.2 Å². The summed E-state index contributed by atoms with van der Waals surface area (Å²) in [6, 6.07) is 13.0. The molecule has 3 rings (SSSR count). The maximum atomic E-state index is 12.5. The number of carbonyl (C=O) groups is 2. The molecule has 0 fully saturated rings. The van der Waals surface area contributed by atoms with E-state index in [0.717, 1.165) is 16.9 Å². The number of nitrogens with one attached hydrogen (secondary N) is 1. The molecule has 0 aromatic heterocycles. The minimum atomic E-state index is -0.529. The zero-order valence-corrected chi connectivity index (χ0v) is 16.7.